The zero-order valence-electron chi connectivity index (χ0n) is 15.4. The molecule has 1 atom stereocenters. The summed E-state index contributed by atoms with van der Waals surface area (Å²) in [6, 6.07) is 9.29. The fourth-order valence-corrected chi connectivity index (χ4v) is 6.28. The van der Waals surface area contributed by atoms with Crippen molar-refractivity contribution in [3.05, 3.63) is 69.7 Å². The lowest BCUT2D eigenvalue weighted by molar-refractivity contribution is 0.0602. The Morgan fingerprint density at radius 2 is 2.07 bits per heavy atom. The van der Waals surface area contributed by atoms with Crippen LogP contribution in [0.25, 0.3) is 0 Å². The van der Waals surface area contributed by atoms with Crippen molar-refractivity contribution in [2.45, 2.75) is 17.4 Å². The van der Waals surface area contributed by atoms with E-state index in [0.717, 1.165) is 28.0 Å². The number of ether oxygens (including phenoxy) is 1. The number of benzene rings is 1. The van der Waals surface area contributed by atoms with Crippen molar-refractivity contribution >= 4 is 27.3 Å². The molecule has 0 bridgehead atoms. The Bertz CT molecular complexity index is 1130. The molecule has 28 heavy (non-hydrogen) atoms. The maximum Gasteiger partial charge on any atom is 0.349 e. The van der Waals surface area contributed by atoms with E-state index >= 15 is 0 Å². The summed E-state index contributed by atoms with van der Waals surface area (Å²) in [7, 11) is -0.787. The minimum atomic E-state index is -3.87. The molecule has 0 saturated carbocycles. The SMILES string of the molecule is COC(=O)c1sccc1S(=O)(=O)N1Cc2ccccc2C(c2cnn(C)c2)C1. The van der Waals surface area contributed by atoms with Gasteiger partial charge in [-0.2, -0.15) is 9.40 Å². The number of aromatic nitrogens is 2. The molecule has 0 N–H and O–H groups in total. The number of esters is 1. The van der Waals surface area contributed by atoms with Crippen LogP contribution in [0.15, 0.2) is 53.0 Å². The second-order valence-electron chi connectivity index (χ2n) is 6.60. The third-order valence-corrected chi connectivity index (χ3v) is 7.79. The number of carbonyl (C=O) groups is 1. The van der Waals surface area contributed by atoms with Gasteiger partial charge in [-0.3, -0.25) is 4.68 Å². The molecule has 146 valence electrons. The number of fused-ring (bicyclic) bond motifs is 1. The highest BCUT2D eigenvalue weighted by Crippen LogP contribution is 2.37. The van der Waals surface area contributed by atoms with Gasteiger partial charge in [0.25, 0.3) is 0 Å². The van der Waals surface area contributed by atoms with Crippen LogP contribution in [0.1, 0.15) is 32.3 Å². The maximum absolute atomic E-state index is 13.4. The zero-order valence-corrected chi connectivity index (χ0v) is 17.0. The molecule has 0 radical (unpaired) electrons. The summed E-state index contributed by atoms with van der Waals surface area (Å²) in [5, 5.41) is 5.83. The topological polar surface area (TPSA) is 81.5 Å². The summed E-state index contributed by atoms with van der Waals surface area (Å²) in [6.45, 7) is 0.535. The molecule has 0 fully saturated rings. The standard InChI is InChI=1S/C19H19N3O4S2/c1-21-10-14(9-20-21)16-12-22(11-13-5-3-4-6-15(13)16)28(24,25)17-7-8-27-18(17)19(23)26-2/h3-10,16H,11-12H2,1-2H3. The van der Waals surface area contributed by atoms with E-state index in [2.05, 4.69) is 5.10 Å². The third kappa shape index (κ3) is 3.15. The average molecular weight is 418 g/mol. The Hall–Kier alpha value is -2.49. The quantitative estimate of drug-likeness (QED) is 0.610. The molecular formula is C19H19N3O4S2. The van der Waals surface area contributed by atoms with Gasteiger partial charge in [0.2, 0.25) is 10.0 Å². The van der Waals surface area contributed by atoms with Crippen LogP contribution in [0, 0.1) is 0 Å². The Kier molecular flexibility index (Phi) is 4.82. The van der Waals surface area contributed by atoms with Crippen LogP contribution in [-0.4, -0.2) is 42.1 Å². The number of hydrogen-bond donors (Lipinski definition) is 0. The zero-order chi connectivity index (χ0) is 19.9. The number of hydrogen-bond acceptors (Lipinski definition) is 6. The first kappa shape index (κ1) is 18.9. The predicted molar refractivity (Wildman–Crippen MR) is 105 cm³/mol. The lowest BCUT2D eigenvalue weighted by Crippen LogP contribution is -2.38. The molecule has 0 saturated heterocycles. The van der Waals surface area contributed by atoms with Crippen molar-refractivity contribution in [1.82, 2.24) is 14.1 Å². The predicted octanol–water partition coefficient (Wildman–Crippen LogP) is 2.60. The van der Waals surface area contributed by atoms with Crippen molar-refractivity contribution in [1.29, 1.82) is 0 Å². The van der Waals surface area contributed by atoms with Gasteiger partial charge in [-0.1, -0.05) is 24.3 Å². The number of nitrogens with zero attached hydrogens (tertiary/aromatic N) is 3. The molecule has 4 rings (SSSR count). The molecule has 7 nitrogen and oxygen atoms in total. The number of carbonyl (C=O) groups excluding carboxylic acids is 1. The third-order valence-electron chi connectivity index (χ3n) is 4.91. The van der Waals surface area contributed by atoms with E-state index in [4.69, 9.17) is 4.74 Å². The van der Waals surface area contributed by atoms with Crippen molar-refractivity contribution in [2.75, 3.05) is 13.7 Å². The molecule has 9 heteroatoms. The minimum absolute atomic E-state index is 0.00586. The lowest BCUT2D eigenvalue weighted by Gasteiger charge is -2.33. The second-order valence-corrected chi connectivity index (χ2v) is 9.42. The Balaban J connectivity index is 1.77. The fraction of sp³-hybridized carbons (Fsp3) is 0.263. The summed E-state index contributed by atoms with van der Waals surface area (Å²) in [6.07, 6.45) is 3.67. The first-order valence-corrected chi connectivity index (χ1v) is 11.0. The van der Waals surface area contributed by atoms with E-state index in [0.29, 0.717) is 0 Å². The molecule has 3 heterocycles. The lowest BCUT2D eigenvalue weighted by atomic mass is 9.87. The van der Waals surface area contributed by atoms with Gasteiger partial charge in [0, 0.05) is 32.3 Å². The number of methoxy groups -OCH3 is 1. The van der Waals surface area contributed by atoms with E-state index in [1.54, 1.807) is 16.3 Å². The van der Waals surface area contributed by atoms with E-state index in [1.807, 2.05) is 37.5 Å². The van der Waals surface area contributed by atoms with Gasteiger partial charge in [0.15, 0.2) is 0 Å². The monoisotopic (exact) mass is 417 g/mol. The summed E-state index contributed by atoms with van der Waals surface area (Å²) >= 11 is 1.07. The maximum atomic E-state index is 13.4. The Morgan fingerprint density at radius 3 is 2.79 bits per heavy atom. The average Bonchev–Trinajstić information content (AvgIpc) is 3.36. The Labute approximate surface area is 167 Å². The molecule has 1 aromatic carbocycles. The highest BCUT2D eigenvalue weighted by molar-refractivity contribution is 7.89. The van der Waals surface area contributed by atoms with Gasteiger partial charge < -0.3 is 4.74 Å². The second kappa shape index (κ2) is 7.16. The van der Waals surface area contributed by atoms with Crippen molar-refractivity contribution in [3.63, 3.8) is 0 Å². The van der Waals surface area contributed by atoms with Crippen molar-refractivity contribution in [3.8, 4) is 0 Å². The van der Waals surface area contributed by atoms with Crippen LogP contribution in [-0.2, 0) is 28.4 Å². The van der Waals surface area contributed by atoms with Crippen LogP contribution < -0.4 is 0 Å². The highest BCUT2D eigenvalue weighted by Gasteiger charge is 2.36. The molecular weight excluding hydrogens is 398 g/mol. The fourth-order valence-electron chi connectivity index (χ4n) is 3.54. The van der Waals surface area contributed by atoms with Gasteiger partial charge in [-0.15, -0.1) is 11.3 Å². The number of aryl methyl sites for hydroxylation is 1. The van der Waals surface area contributed by atoms with Crippen LogP contribution in [0.3, 0.4) is 0 Å². The molecule has 1 aliphatic heterocycles. The van der Waals surface area contributed by atoms with Gasteiger partial charge in [0.1, 0.15) is 9.77 Å². The summed E-state index contributed by atoms with van der Waals surface area (Å²) in [5.41, 5.74) is 3.00. The minimum Gasteiger partial charge on any atom is -0.465 e. The molecule has 1 aliphatic rings. The van der Waals surface area contributed by atoms with Gasteiger partial charge in [0.05, 0.1) is 13.3 Å². The number of rotatable bonds is 4. The summed E-state index contributed by atoms with van der Waals surface area (Å²) in [4.78, 5) is 12.1. The number of thiophene rings is 1. The molecule has 1 unspecified atom stereocenters. The summed E-state index contributed by atoms with van der Waals surface area (Å²) < 4.78 is 34.7. The van der Waals surface area contributed by atoms with Crippen molar-refractivity contribution < 1.29 is 17.9 Å². The largest absolute Gasteiger partial charge is 0.465 e. The van der Waals surface area contributed by atoms with Crippen LogP contribution in [0.5, 0.6) is 0 Å². The van der Waals surface area contributed by atoms with E-state index in [1.165, 1.54) is 17.5 Å². The number of sulfonamides is 1. The van der Waals surface area contributed by atoms with E-state index in [-0.39, 0.29) is 28.8 Å². The van der Waals surface area contributed by atoms with Crippen LogP contribution >= 0.6 is 11.3 Å². The summed E-state index contributed by atoms with van der Waals surface area (Å²) in [5.74, 6) is -0.775. The smallest absolute Gasteiger partial charge is 0.349 e. The van der Waals surface area contributed by atoms with E-state index < -0.39 is 16.0 Å². The highest BCUT2D eigenvalue weighted by atomic mass is 32.2. The first-order valence-electron chi connectivity index (χ1n) is 8.64. The molecule has 0 spiro atoms. The van der Waals surface area contributed by atoms with Gasteiger partial charge in [-0.25, -0.2) is 13.2 Å². The van der Waals surface area contributed by atoms with Crippen LogP contribution in [0.4, 0.5) is 0 Å². The van der Waals surface area contributed by atoms with Crippen LogP contribution in [0.2, 0.25) is 0 Å². The van der Waals surface area contributed by atoms with Gasteiger partial charge in [-0.05, 0) is 28.1 Å². The van der Waals surface area contributed by atoms with Crippen molar-refractivity contribution in [2.24, 2.45) is 7.05 Å². The molecule has 0 amide bonds. The molecule has 3 aromatic rings. The Morgan fingerprint density at radius 1 is 1.29 bits per heavy atom. The normalized spacial score (nSPS) is 17.3. The van der Waals surface area contributed by atoms with Gasteiger partial charge >= 0.3 is 5.97 Å². The first-order chi connectivity index (χ1) is 13.4. The van der Waals surface area contributed by atoms with E-state index in [9.17, 15) is 13.2 Å². The molecule has 2 aromatic heterocycles. The molecule has 0 aliphatic carbocycles.